The molecule has 8 rings (SSSR count). The second-order valence-electron chi connectivity index (χ2n) is 17.0. The Morgan fingerprint density at radius 1 is 0.448 bits per heavy atom. The van der Waals surface area contributed by atoms with Crippen molar-refractivity contribution in [3.8, 4) is 0 Å². The molecule has 0 radical (unpaired) electrons. The van der Waals surface area contributed by atoms with Crippen LogP contribution in [0.15, 0.2) is 166 Å². The van der Waals surface area contributed by atoms with Crippen LogP contribution in [0.3, 0.4) is 0 Å². The molecule has 0 aliphatic heterocycles. The molecule has 0 atom stereocenters. The number of allylic oxidation sites excluding steroid dienone is 8. The van der Waals surface area contributed by atoms with Gasteiger partial charge in [-0.2, -0.15) is 0 Å². The molecule has 0 heterocycles. The minimum absolute atomic E-state index is 0.0827. The molecular formula is C56H46F4N2O4Ti. The van der Waals surface area contributed by atoms with Crippen molar-refractivity contribution in [1.82, 2.24) is 0 Å². The molecule has 2 aliphatic carbocycles. The van der Waals surface area contributed by atoms with E-state index in [1.54, 1.807) is 134 Å². The van der Waals surface area contributed by atoms with Gasteiger partial charge in [0, 0.05) is 0 Å². The number of hydrogen-bond acceptors (Lipinski definition) is 4. The molecule has 0 bridgehead atoms. The van der Waals surface area contributed by atoms with Crippen LogP contribution >= 0.6 is 0 Å². The Hall–Kier alpha value is -7.01. The number of carbonyl (C=O) groups excluding carboxylic acids is 4. The molecule has 0 aromatic heterocycles. The maximum atomic E-state index is 18.5. The summed E-state index contributed by atoms with van der Waals surface area (Å²) < 4.78 is 71.2. The number of amides is 2. The van der Waals surface area contributed by atoms with Crippen LogP contribution in [0.5, 0.6) is 0 Å². The van der Waals surface area contributed by atoms with Crippen LogP contribution in [0.25, 0.3) is 0 Å². The van der Waals surface area contributed by atoms with Gasteiger partial charge in [0.1, 0.15) is 0 Å². The summed E-state index contributed by atoms with van der Waals surface area (Å²) in [5, 5.41) is 0. The predicted molar refractivity (Wildman–Crippen MR) is 252 cm³/mol. The standard InChI is InChI=1S/2C23H18F2NO2.2C5H5.Ti/c2*1-15-3-7-17(8-4-15)22(27)14-26(21-12-11-19(24)13-20(21)25)23(28)18-9-5-16(2)6-10-18;2*1-2-4-5-3-1;/h2*3-12H,14H2,1-2H3;2*1-3H,4H2;. The van der Waals surface area contributed by atoms with Crippen molar-refractivity contribution in [3.05, 3.63) is 233 Å². The SMILES string of the molecule is Cc1ccc(C(=O)CN(C(=O)c2ccc(C)cc2)c2ccc(F)[c]([Ti]([C]3=CC=CC3)([C]3=CC=CC3)[c]3c(F)ccc(N(CC(=O)c4ccc(C)cc4)C(=O)c4ccc(C)cc4)c3F)c2F)cc1. The Balaban J connectivity index is 1.37. The Labute approximate surface area is 390 Å². The Bertz CT molecular complexity index is 2860. The van der Waals surface area contributed by atoms with E-state index < -0.39 is 95.4 Å². The quantitative estimate of drug-likeness (QED) is 0.0619. The number of benzene rings is 6. The molecule has 0 fully saturated rings. The van der Waals surface area contributed by atoms with Crippen LogP contribution in [0.4, 0.5) is 28.9 Å². The van der Waals surface area contributed by atoms with Crippen molar-refractivity contribution in [1.29, 1.82) is 0 Å². The molecule has 0 spiro atoms. The summed E-state index contributed by atoms with van der Waals surface area (Å²) in [7, 11) is 0. The van der Waals surface area contributed by atoms with Crippen molar-refractivity contribution in [3.63, 3.8) is 0 Å². The first kappa shape index (κ1) is 46.5. The summed E-state index contributed by atoms with van der Waals surface area (Å²) >= 11 is -5.67. The zero-order chi connectivity index (χ0) is 47.6. The van der Waals surface area contributed by atoms with Gasteiger partial charge in [0.25, 0.3) is 0 Å². The van der Waals surface area contributed by atoms with E-state index in [1.807, 2.05) is 27.7 Å². The van der Waals surface area contributed by atoms with E-state index in [0.29, 0.717) is 7.76 Å². The van der Waals surface area contributed by atoms with Crippen LogP contribution in [0.2, 0.25) is 0 Å². The third kappa shape index (κ3) is 9.12. The van der Waals surface area contributed by atoms with Crippen molar-refractivity contribution >= 4 is 42.5 Å². The van der Waals surface area contributed by atoms with Gasteiger partial charge in [-0.1, -0.05) is 0 Å². The molecular weight excluding hydrogens is 888 g/mol. The van der Waals surface area contributed by atoms with Crippen LogP contribution in [-0.4, -0.2) is 36.5 Å². The van der Waals surface area contributed by atoms with Gasteiger partial charge in [0.05, 0.1) is 0 Å². The zero-order valence-corrected chi connectivity index (χ0v) is 38.9. The topological polar surface area (TPSA) is 74.8 Å². The van der Waals surface area contributed by atoms with Gasteiger partial charge >= 0.3 is 393 Å². The molecule has 0 N–H and O–H groups in total. The number of ketones is 2. The predicted octanol–water partition coefficient (Wildman–Crippen LogP) is 11.3. The molecule has 67 heavy (non-hydrogen) atoms. The normalized spacial score (nSPS) is 13.1. The molecule has 2 amide bonds. The van der Waals surface area contributed by atoms with Crippen LogP contribution < -0.4 is 17.5 Å². The van der Waals surface area contributed by atoms with Crippen LogP contribution in [-0.2, 0) is 16.6 Å². The van der Waals surface area contributed by atoms with Gasteiger partial charge in [-0.05, 0) is 0 Å². The number of nitrogens with zero attached hydrogens (tertiary/aromatic N) is 2. The Morgan fingerprint density at radius 2 is 0.761 bits per heavy atom. The zero-order valence-electron chi connectivity index (χ0n) is 37.4. The molecule has 0 unspecified atom stereocenters. The van der Waals surface area contributed by atoms with E-state index in [0.717, 1.165) is 56.3 Å². The molecule has 6 nitrogen and oxygen atoms in total. The van der Waals surface area contributed by atoms with Gasteiger partial charge in [-0.25, -0.2) is 0 Å². The average Bonchev–Trinajstić information content (AvgIpc) is 4.07. The molecule has 6 aromatic rings. The van der Waals surface area contributed by atoms with Crippen molar-refractivity contribution in [2.24, 2.45) is 0 Å². The Kier molecular flexibility index (Phi) is 13.5. The average molecular weight is 935 g/mol. The fraction of sp³-hybridized carbons (Fsp3) is 0.143. The van der Waals surface area contributed by atoms with E-state index in [2.05, 4.69) is 0 Å². The number of hydrogen-bond donors (Lipinski definition) is 0. The second kappa shape index (κ2) is 19.5. The Morgan fingerprint density at radius 3 is 1.06 bits per heavy atom. The fourth-order valence-electron chi connectivity index (χ4n) is 8.80. The van der Waals surface area contributed by atoms with E-state index in [1.165, 1.54) is 0 Å². The van der Waals surface area contributed by atoms with E-state index >= 15 is 17.6 Å². The van der Waals surface area contributed by atoms with Crippen LogP contribution in [0.1, 0.15) is 76.5 Å². The number of rotatable bonds is 14. The second-order valence-corrected chi connectivity index (χ2v) is 22.9. The van der Waals surface area contributed by atoms with Crippen molar-refractivity contribution in [2.45, 2.75) is 40.5 Å². The van der Waals surface area contributed by atoms with Gasteiger partial charge in [-0.15, -0.1) is 0 Å². The molecule has 6 aromatic carbocycles. The van der Waals surface area contributed by atoms with E-state index in [4.69, 9.17) is 0 Å². The van der Waals surface area contributed by atoms with Gasteiger partial charge in [0.2, 0.25) is 0 Å². The maximum absolute atomic E-state index is 18.5. The summed E-state index contributed by atoms with van der Waals surface area (Å²) in [6.45, 7) is 6.05. The monoisotopic (exact) mass is 934 g/mol. The van der Waals surface area contributed by atoms with Crippen molar-refractivity contribution < 1.29 is 53.3 Å². The van der Waals surface area contributed by atoms with E-state index in [9.17, 15) is 19.2 Å². The number of anilines is 2. The molecule has 0 saturated carbocycles. The van der Waals surface area contributed by atoms with Crippen LogP contribution in [0, 0.1) is 51.0 Å². The number of carbonyl (C=O) groups is 4. The summed E-state index contributed by atoms with van der Waals surface area (Å²) in [4.78, 5) is 59.1. The summed E-state index contributed by atoms with van der Waals surface area (Å²) in [5.41, 5.74) is 3.26. The molecule has 336 valence electrons. The molecule has 0 saturated heterocycles. The molecule has 11 heteroatoms. The van der Waals surface area contributed by atoms with E-state index in [-0.39, 0.29) is 35.1 Å². The number of halogens is 4. The van der Waals surface area contributed by atoms with Gasteiger partial charge in [-0.3, -0.25) is 0 Å². The summed E-state index contributed by atoms with van der Waals surface area (Å²) in [6.07, 6.45) is 10.2. The molecule has 2 aliphatic rings. The first-order chi connectivity index (χ1) is 32.2. The van der Waals surface area contributed by atoms with Gasteiger partial charge < -0.3 is 0 Å². The summed E-state index contributed by atoms with van der Waals surface area (Å²) in [6, 6.07) is 30.3. The first-order valence-electron chi connectivity index (χ1n) is 21.8. The fourth-order valence-corrected chi connectivity index (χ4v) is 17.1. The minimum atomic E-state index is -5.67. The number of aryl methyl sites for hydroxylation is 4. The van der Waals surface area contributed by atoms with Gasteiger partial charge in [0.15, 0.2) is 0 Å². The summed E-state index contributed by atoms with van der Waals surface area (Å²) in [5.74, 6) is -7.34. The number of Topliss-reactive ketones (excluding diaryl/α,β-unsaturated/α-hetero) is 2. The third-order valence-electron chi connectivity index (χ3n) is 12.4. The van der Waals surface area contributed by atoms with Crippen molar-refractivity contribution in [2.75, 3.05) is 22.9 Å². The third-order valence-corrected chi connectivity index (χ3v) is 20.4. The first-order valence-corrected chi connectivity index (χ1v) is 25.0.